The quantitative estimate of drug-likeness (QED) is 0.556. The predicted molar refractivity (Wildman–Crippen MR) is 116 cm³/mol. The van der Waals surface area contributed by atoms with Gasteiger partial charge in [-0.1, -0.05) is 66.7 Å². The van der Waals surface area contributed by atoms with Gasteiger partial charge in [-0.25, -0.2) is 0 Å². The highest BCUT2D eigenvalue weighted by molar-refractivity contribution is 7.80. The lowest BCUT2D eigenvalue weighted by Crippen LogP contribution is -2.28. The van der Waals surface area contributed by atoms with Gasteiger partial charge < -0.3 is 15.4 Å². The molecule has 0 aliphatic heterocycles. The maximum atomic E-state index is 5.89. The third-order valence-electron chi connectivity index (χ3n) is 4.20. The van der Waals surface area contributed by atoms with E-state index in [9.17, 15) is 0 Å². The first-order valence-electron chi connectivity index (χ1n) is 9.01. The van der Waals surface area contributed by atoms with Crippen LogP contribution >= 0.6 is 12.2 Å². The molecule has 2 N–H and O–H groups in total. The Hall–Kier alpha value is -2.69. The van der Waals surface area contributed by atoms with Crippen LogP contribution in [0.4, 0.5) is 5.69 Å². The second-order valence-electron chi connectivity index (χ2n) is 6.42. The van der Waals surface area contributed by atoms with E-state index in [-0.39, 0.29) is 0 Å². The summed E-state index contributed by atoms with van der Waals surface area (Å²) in [7, 11) is 0. The molecule has 0 bridgehead atoms. The summed E-state index contributed by atoms with van der Waals surface area (Å²) in [5.74, 6) is 0. The minimum absolute atomic E-state index is 0.574. The van der Waals surface area contributed by atoms with Gasteiger partial charge in [-0.3, -0.25) is 0 Å². The number of anilines is 1. The van der Waals surface area contributed by atoms with E-state index in [1.165, 1.54) is 22.3 Å². The smallest absolute Gasteiger partial charge is 0.171 e. The van der Waals surface area contributed by atoms with Gasteiger partial charge in [0.2, 0.25) is 0 Å². The van der Waals surface area contributed by atoms with Gasteiger partial charge in [0.05, 0.1) is 13.2 Å². The molecule has 3 rings (SSSR count). The Kier molecular flexibility index (Phi) is 6.97. The molecular formula is C23H24N2OS. The van der Waals surface area contributed by atoms with E-state index in [1.807, 2.05) is 42.5 Å². The lowest BCUT2D eigenvalue weighted by Gasteiger charge is -2.14. The molecule has 0 atom stereocenters. The van der Waals surface area contributed by atoms with Crippen LogP contribution in [0.5, 0.6) is 0 Å². The van der Waals surface area contributed by atoms with E-state index in [4.69, 9.17) is 17.0 Å². The maximum Gasteiger partial charge on any atom is 0.171 e. The highest BCUT2D eigenvalue weighted by atomic mass is 32.1. The number of nitrogens with one attached hydrogen (secondary N) is 2. The van der Waals surface area contributed by atoms with E-state index in [0.717, 1.165) is 5.69 Å². The summed E-state index contributed by atoms with van der Waals surface area (Å²) >= 11 is 5.42. The van der Waals surface area contributed by atoms with Gasteiger partial charge in [0.25, 0.3) is 0 Å². The third kappa shape index (κ3) is 6.20. The first-order valence-corrected chi connectivity index (χ1v) is 9.41. The van der Waals surface area contributed by atoms with E-state index < -0.39 is 0 Å². The van der Waals surface area contributed by atoms with Crippen molar-refractivity contribution in [2.24, 2.45) is 0 Å². The Morgan fingerprint density at radius 1 is 0.852 bits per heavy atom. The molecule has 0 fully saturated rings. The van der Waals surface area contributed by atoms with Crippen LogP contribution in [-0.4, -0.2) is 5.11 Å². The van der Waals surface area contributed by atoms with Crippen LogP contribution in [0.15, 0.2) is 78.9 Å². The number of aryl methyl sites for hydroxylation is 1. The Bertz CT molecular complexity index is 880. The normalized spacial score (nSPS) is 10.4. The fourth-order valence-corrected chi connectivity index (χ4v) is 2.99. The summed E-state index contributed by atoms with van der Waals surface area (Å²) < 4.78 is 5.89. The zero-order valence-corrected chi connectivity index (χ0v) is 16.3. The Morgan fingerprint density at radius 3 is 2.37 bits per heavy atom. The van der Waals surface area contributed by atoms with Gasteiger partial charge in [-0.05, 0) is 53.5 Å². The third-order valence-corrected chi connectivity index (χ3v) is 4.45. The molecule has 0 saturated carbocycles. The highest BCUT2D eigenvalue weighted by Crippen LogP contribution is 2.13. The fraction of sp³-hybridized carbons (Fsp3) is 0.174. The monoisotopic (exact) mass is 376 g/mol. The van der Waals surface area contributed by atoms with Crippen LogP contribution in [-0.2, 0) is 24.5 Å². The van der Waals surface area contributed by atoms with Crippen molar-refractivity contribution in [3.63, 3.8) is 0 Å². The van der Waals surface area contributed by atoms with Crippen molar-refractivity contribution in [3.05, 3.63) is 101 Å². The van der Waals surface area contributed by atoms with Crippen molar-refractivity contribution in [3.8, 4) is 0 Å². The molecule has 0 aromatic heterocycles. The van der Waals surface area contributed by atoms with Gasteiger partial charge in [-0.2, -0.15) is 0 Å². The van der Waals surface area contributed by atoms with Gasteiger partial charge in [0, 0.05) is 12.2 Å². The number of thiocarbonyl (C=S) groups is 1. The lowest BCUT2D eigenvalue weighted by molar-refractivity contribution is 0.106. The van der Waals surface area contributed by atoms with Crippen molar-refractivity contribution in [1.82, 2.24) is 5.32 Å². The summed E-state index contributed by atoms with van der Waals surface area (Å²) in [4.78, 5) is 0. The van der Waals surface area contributed by atoms with Crippen molar-refractivity contribution in [2.45, 2.75) is 26.7 Å². The molecule has 0 saturated heterocycles. The molecular weight excluding hydrogens is 352 g/mol. The first-order chi connectivity index (χ1) is 13.2. The van der Waals surface area contributed by atoms with Crippen molar-refractivity contribution in [1.29, 1.82) is 0 Å². The molecule has 138 valence electrons. The first kappa shape index (κ1) is 19.1. The summed E-state index contributed by atoms with van der Waals surface area (Å²) in [6.45, 7) is 3.90. The molecule has 27 heavy (non-hydrogen) atoms. The molecule has 0 radical (unpaired) electrons. The molecule has 0 aliphatic carbocycles. The fourth-order valence-electron chi connectivity index (χ4n) is 2.80. The van der Waals surface area contributed by atoms with E-state index in [2.05, 4.69) is 54.0 Å². The van der Waals surface area contributed by atoms with Crippen LogP contribution < -0.4 is 10.6 Å². The minimum atomic E-state index is 0.574. The molecule has 0 aliphatic rings. The van der Waals surface area contributed by atoms with Gasteiger partial charge in [-0.15, -0.1) is 0 Å². The number of hydrogen-bond donors (Lipinski definition) is 2. The molecule has 3 aromatic carbocycles. The minimum Gasteiger partial charge on any atom is -0.372 e. The second kappa shape index (κ2) is 9.86. The van der Waals surface area contributed by atoms with Gasteiger partial charge in [0.15, 0.2) is 5.11 Å². The zero-order valence-electron chi connectivity index (χ0n) is 15.4. The van der Waals surface area contributed by atoms with E-state index in [1.54, 1.807) is 0 Å². The molecule has 3 nitrogen and oxygen atoms in total. The topological polar surface area (TPSA) is 33.3 Å². The summed E-state index contributed by atoms with van der Waals surface area (Å²) in [5, 5.41) is 7.12. The molecule has 0 heterocycles. The predicted octanol–water partition coefficient (Wildman–Crippen LogP) is 5.20. The summed E-state index contributed by atoms with van der Waals surface area (Å²) in [6, 6.07) is 26.6. The molecule has 4 heteroatoms. The Morgan fingerprint density at radius 2 is 1.59 bits per heavy atom. The van der Waals surface area contributed by atoms with Crippen molar-refractivity contribution < 1.29 is 4.74 Å². The van der Waals surface area contributed by atoms with Crippen LogP contribution in [0, 0.1) is 6.92 Å². The summed E-state index contributed by atoms with van der Waals surface area (Å²) in [5.41, 5.74) is 5.71. The second-order valence-corrected chi connectivity index (χ2v) is 6.83. The molecule has 0 amide bonds. The number of rotatable bonds is 7. The average molecular weight is 377 g/mol. The molecule has 0 unspecified atom stereocenters. The van der Waals surface area contributed by atoms with Gasteiger partial charge >= 0.3 is 0 Å². The number of hydrogen-bond acceptors (Lipinski definition) is 2. The zero-order chi connectivity index (χ0) is 18.9. The van der Waals surface area contributed by atoms with Crippen LogP contribution in [0.1, 0.15) is 22.3 Å². The Balaban J connectivity index is 1.52. The number of benzene rings is 3. The van der Waals surface area contributed by atoms with Gasteiger partial charge in [0.1, 0.15) is 0 Å². The van der Waals surface area contributed by atoms with Crippen molar-refractivity contribution in [2.75, 3.05) is 5.32 Å². The SMILES string of the molecule is Cc1cccc(NC(=S)NCc2ccccc2COCc2ccccc2)c1. The van der Waals surface area contributed by atoms with Crippen LogP contribution in [0.25, 0.3) is 0 Å². The van der Waals surface area contributed by atoms with E-state index in [0.29, 0.717) is 24.9 Å². The summed E-state index contributed by atoms with van der Waals surface area (Å²) in [6.07, 6.45) is 0. The lowest BCUT2D eigenvalue weighted by atomic mass is 10.1. The molecule has 0 spiro atoms. The maximum absolute atomic E-state index is 5.89. The Labute approximate surface area is 166 Å². The largest absolute Gasteiger partial charge is 0.372 e. The molecule has 3 aromatic rings. The van der Waals surface area contributed by atoms with Crippen LogP contribution in [0.3, 0.4) is 0 Å². The standard InChI is InChI=1S/C23H24N2OS/c1-18-8-7-13-22(14-18)25-23(27)24-15-20-11-5-6-12-21(20)17-26-16-19-9-3-2-4-10-19/h2-14H,15-17H2,1H3,(H2,24,25,27). The number of ether oxygens (including phenoxy) is 1. The average Bonchev–Trinajstić information content (AvgIpc) is 2.68. The van der Waals surface area contributed by atoms with Crippen molar-refractivity contribution >= 4 is 23.0 Å². The van der Waals surface area contributed by atoms with E-state index >= 15 is 0 Å². The highest BCUT2D eigenvalue weighted by Gasteiger charge is 2.04. The van der Waals surface area contributed by atoms with Crippen LogP contribution in [0.2, 0.25) is 0 Å².